The topological polar surface area (TPSA) is 35.0 Å². The summed E-state index contributed by atoms with van der Waals surface area (Å²) in [5.74, 6) is -1.93. The fourth-order valence-corrected chi connectivity index (χ4v) is 3.07. The molecule has 0 spiro atoms. The highest BCUT2D eigenvalue weighted by atomic mass is 19.3. The van der Waals surface area contributed by atoms with Crippen LogP contribution >= 0.6 is 0 Å². The van der Waals surface area contributed by atoms with Crippen molar-refractivity contribution in [1.82, 2.24) is 9.97 Å². The van der Waals surface area contributed by atoms with Gasteiger partial charge in [-0.25, -0.2) is 27.5 Å². The number of hydrogen-bond acceptors (Lipinski definition) is 3. The molecule has 1 aromatic heterocycles. The fourth-order valence-electron chi connectivity index (χ4n) is 3.07. The number of halogens is 4. The van der Waals surface area contributed by atoms with Crippen molar-refractivity contribution in [2.24, 2.45) is 0 Å². The van der Waals surface area contributed by atoms with Gasteiger partial charge < -0.3 is 4.74 Å². The lowest BCUT2D eigenvalue weighted by Crippen LogP contribution is -1.98. The number of ether oxygens (including phenoxy) is 1. The third kappa shape index (κ3) is 6.38. The molecule has 162 valence electrons. The quantitative estimate of drug-likeness (QED) is 0.294. The zero-order valence-electron chi connectivity index (χ0n) is 17.0. The summed E-state index contributed by atoms with van der Waals surface area (Å²) in [6.45, 7) is 2.10. The summed E-state index contributed by atoms with van der Waals surface area (Å²) in [5.41, 5.74) is 3.43. The molecule has 0 amide bonds. The number of aromatic nitrogens is 2. The molecule has 7 heteroatoms. The van der Waals surface area contributed by atoms with Crippen molar-refractivity contribution in [3.63, 3.8) is 0 Å². The molecule has 3 rings (SSSR count). The monoisotopic (exact) mass is 430 g/mol. The van der Waals surface area contributed by atoms with E-state index >= 15 is 0 Å². The van der Waals surface area contributed by atoms with Crippen LogP contribution in [0.15, 0.2) is 61.1 Å². The summed E-state index contributed by atoms with van der Waals surface area (Å²) >= 11 is 0. The predicted molar refractivity (Wildman–Crippen MR) is 111 cm³/mol. The maximum absolute atomic E-state index is 14.1. The lowest BCUT2D eigenvalue weighted by atomic mass is 10.0. The summed E-state index contributed by atoms with van der Waals surface area (Å²) in [6.07, 6.45) is 4.85. The first kappa shape index (κ1) is 22.5. The molecule has 0 saturated carbocycles. The average Bonchev–Trinajstić information content (AvgIpc) is 2.75. The highest BCUT2D eigenvalue weighted by molar-refractivity contribution is 5.55. The number of rotatable bonds is 9. The second-order valence-corrected chi connectivity index (χ2v) is 7.03. The van der Waals surface area contributed by atoms with Crippen LogP contribution < -0.4 is 4.74 Å². The van der Waals surface area contributed by atoms with E-state index in [1.807, 2.05) is 36.7 Å². The van der Waals surface area contributed by atoms with Crippen molar-refractivity contribution < 1.29 is 22.3 Å². The first-order chi connectivity index (χ1) is 15.0. The van der Waals surface area contributed by atoms with E-state index in [4.69, 9.17) is 0 Å². The van der Waals surface area contributed by atoms with Crippen LogP contribution in [0.5, 0.6) is 5.75 Å². The largest absolute Gasteiger partial charge is 0.459 e. The van der Waals surface area contributed by atoms with Crippen molar-refractivity contribution in [3.05, 3.63) is 89.5 Å². The van der Waals surface area contributed by atoms with Crippen LogP contribution in [-0.4, -0.2) is 16.4 Å². The van der Waals surface area contributed by atoms with Gasteiger partial charge >= 0.3 is 0 Å². The first-order valence-corrected chi connectivity index (χ1v) is 9.96. The van der Waals surface area contributed by atoms with E-state index < -0.39 is 23.8 Å². The third-order valence-corrected chi connectivity index (χ3v) is 4.63. The highest BCUT2D eigenvalue weighted by Gasteiger charge is 2.12. The average molecular weight is 430 g/mol. The molecule has 0 saturated heterocycles. The second-order valence-electron chi connectivity index (χ2n) is 7.03. The van der Waals surface area contributed by atoms with Gasteiger partial charge in [0.1, 0.15) is 0 Å². The van der Waals surface area contributed by atoms with Crippen LogP contribution in [-0.2, 0) is 19.3 Å². The summed E-state index contributed by atoms with van der Waals surface area (Å²) in [7, 11) is 0. The van der Waals surface area contributed by atoms with Gasteiger partial charge in [-0.2, -0.15) is 0 Å². The Morgan fingerprint density at radius 3 is 2.06 bits per heavy atom. The Morgan fingerprint density at radius 2 is 1.48 bits per heavy atom. The van der Waals surface area contributed by atoms with E-state index in [-0.39, 0.29) is 0 Å². The molecule has 31 heavy (non-hydrogen) atoms. The van der Waals surface area contributed by atoms with Crippen LogP contribution in [0.25, 0.3) is 11.4 Å². The molecule has 2 aromatic carbocycles. The van der Waals surface area contributed by atoms with Gasteiger partial charge in [-0.05, 0) is 48.1 Å². The molecule has 0 aliphatic carbocycles. The van der Waals surface area contributed by atoms with E-state index in [1.165, 1.54) is 0 Å². The number of alkyl halides is 2. The molecule has 0 N–H and O–H groups in total. The molecule has 0 radical (unpaired) electrons. The first-order valence-electron chi connectivity index (χ1n) is 9.96. The molecule has 0 aliphatic heterocycles. The standard InChI is InChI=1S/C24H22F4N2O/c1-2-3-18-14-29-24(30-15-18)19-8-6-16(7-9-19)4-5-17-12-20(25)23(21(26)13-17)31-11-10-22(27)28/h6-15,22H,2-5H2,1H3. The predicted octanol–water partition coefficient (Wildman–Crippen LogP) is 6.32. The minimum absolute atomic E-state index is 0.404. The van der Waals surface area contributed by atoms with Crippen LogP contribution in [0.3, 0.4) is 0 Å². The summed E-state index contributed by atoms with van der Waals surface area (Å²) in [6, 6.07) is 9.98. The Morgan fingerprint density at radius 1 is 0.871 bits per heavy atom. The van der Waals surface area contributed by atoms with Crippen LogP contribution in [0.4, 0.5) is 17.6 Å². The van der Waals surface area contributed by atoms with Crippen molar-refractivity contribution in [1.29, 1.82) is 0 Å². The highest BCUT2D eigenvalue weighted by Crippen LogP contribution is 2.25. The smallest absolute Gasteiger partial charge is 0.260 e. The molecular formula is C24H22F4N2O. The Labute approximate surface area is 178 Å². The molecular weight excluding hydrogens is 408 g/mol. The van der Waals surface area contributed by atoms with Gasteiger partial charge in [-0.15, -0.1) is 0 Å². The van der Waals surface area contributed by atoms with E-state index in [1.54, 1.807) is 0 Å². The van der Waals surface area contributed by atoms with Gasteiger partial charge in [0.15, 0.2) is 23.2 Å². The maximum Gasteiger partial charge on any atom is 0.260 e. The molecule has 0 atom stereocenters. The van der Waals surface area contributed by atoms with Crippen molar-refractivity contribution in [2.75, 3.05) is 0 Å². The Bertz CT molecular complexity index is 996. The minimum Gasteiger partial charge on any atom is -0.459 e. The Hall–Kier alpha value is -3.22. The van der Waals surface area contributed by atoms with Gasteiger partial charge in [0.25, 0.3) is 6.43 Å². The van der Waals surface area contributed by atoms with Crippen LogP contribution in [0.1, 0.15) is 30.0 Å². The van der Waals surface area contributed by atoms with Gasteiger partial charge in [0.05, 0.1) is 6.26 Å². The Balaban J connectivity index is 1.62. The molecule has 1 heterocycles. The number of benzene rings is 2. The van der Waals surface area contributed by atoms with Gasteiger partial charge in [-0.3, -0.25) is 0 Å². The second kappa shape index (κ2) is 10.7. The van der Waals surface area contributed by atoms with Gasteiger partial charge in [0.2, 0.25) is 0 Å². The maximum atomic E-state index is 14.1. The lowest BCUT2D eigenvalue weighted by molar-refractivity contribution is 0.200. The van der Waals surface area contributed by atoms with Crippen LogP contribution in [0.2, 0.25) is 0 Å². The van der Waals surface area contributed by atoms with Gasteiger partial charge in [-0.1, -0.05) is 37.6 Å². The SMILES string of the molecule is CCCc1cnc(-c2ccc(CCc3cc(F)c(OC=CC(F)F)c(F)c3)cc2)nc1. The van der Waals surface area contributed by atoms with E-state index in [9.17, 15) is 17.6 Å². The molecule has 0 bridgehead atoms. The molecule has 3 nitrogen and oxygen atoms in total. The van der Waals surface area contributed by atoms with E-state index in [0.29, 0.717) is 36.6 Å². The van der Waals surface area contributed by atoms with Crippen LogP contribution in [0, 0.1) is 11.6 Å². The van der Waals surface area contributed by atoms with E-state index in [0.717, 1.165) is 41.7 Å². The zero-order chi connectivity index (χ0) is 22.2. The van der Waals surface area contributed by atoms with Crippen molar-refractivity contribution in [2.45, 2.75) is 39.0 Å². The van der Waals surface area contributed by atoms with Crippen molar-refractivity contribution >= 4 is 0 Å². The van der Waals surface area contributed by atoms with Crippen molar-refractivity contribution in [3.8, 4) is 17.1 Å². The zero-order valence-corrected chi connectivity index (χ0v) is 17.0. The number of nitrogens with zero attached hydrogens (tertiary/aromatic N) is 2. The Kier molecular flexibility index (Phi) is 7.76. The van der Waals surface area contributed by atoms with E-state index in [2.05, 4.69) is 21.6 Å². The number of aryl methyl sites for hydroxylation is 3. The minimum atomic E-state index is -2.76. The van der Waals surface area contributed by atoms with Gasteiger partial charge in [0, 0.05) is 24.0 Å². The molecule has 3 aromatic rings. The number of allylic oxidation sites excluding steroid dienone is 1. The summed E-state index contributed by atoms with van der Waals surface area (Å²) in [4.78, 5) is 8.79. The third-order valence-electron chi connectivity index (χ3n) is 4.63. The fraction of sp³-hybridized carbons (Fsp3) is 0.250. The lowest BCUT2D eigenvalue weighted by Gasteiger charge is -2.08. The molecule has 0 unspecified atom stereocenters. The molecule has 0 fully saturated rings. The molecule has 0 aliphatic rings. The number of hydrogen-bond donors (Lipinski definition) is 0. The summed E-state index contributed by atoms with van der Waals surface area (Å²) in [5, 5.41) is 0. The normalized spacial score (nSPS) is 11.4. The summed E-state index contributed by atoms with van der Waals surface area (Å²) < 4.78 is 56.9.